The number of hydrogen-bond acceptors (Lipinski definition) is 1. The highest BCUT2D eigenvalue weighted by molar-refractivity contribution is 5.76. The van der Waals surface area contributed by atoms with Gasteiger partial charge in [0.2, 0.25) is 0 Å². The fourth-order valence-corrected chi connectivity index (χ4v) is 1.61. The Bertz CT molecular complexity index is 395. The maximum absolute atomic E-state index is 12.6. The number of benzene rings is 1. The van der Waals surface area contributed by atoms with Crippen LogP contribution in [0.4, 0.5) is 13.2 Å². The number of carboxylic acids is 1. The minimum absolute atomic E-state index is 0.174. The van der Waals surface area contributed by atoms with E-state index in [1.807, 2.05) is 0 Å². The number of carbonyl (C=O) groups is 1. The summed E-state index contributed by atoms with van der Waals surface area (Å²) in [4.78, 5) is 11.0. The summed E-state index contributed by atoms with van der Waals surface area (Å²) in [7, 11) is 0. The Kier molecular flexibility index (Phi) is 3.80. The predicted octanol–water partition coefficient (Wildman–Crippen LogP) is 3.36. The molecule has 1 unspecified atom stereocenters. The van der Waals surface area contributed by atoms with Crippen LogP contribution in [0.25, 0.3) is 0 Å². The van der Waals surface area contributed by atoms with Gasteiger partial charge in [0.05, 0.1) is 11.8 Å². The molecule has 2 nitrogen and oxygen atoms in total. The Morgan fingerprint density at radius 3 is 2.06 bits per heavy atom. The fourth-order valence-electron chi connectivity index (χ4n) is 1.61. The van der Waals surface area contributed by atoms with Crippen LogP contribution in [-0.4, -0.2) is 17.3 Å². The largest absolute Gasteiger partial charge is 0.481 e. The smallest absolute Gasteiger partial charge is 0.392 e. The van der Waals surface area contributed by atoms with Gasteiger partial charge >= 0.3 is 12.1 Å². The van der Waals surface area contributed by atoms with E-state index in [1.54, 1.807) is 19.1 Å². The zero-order valence-corrected chi connectivity index (χ0v) is 9.45. The van der Waals surface area contributed by atoms with E-state index < -0.39 is 24.0 Å². The minimum Gasteiger partial charge on any atom is -0.481 e. The van der Waals surface area contributed by atoms with E-state index in [2.05, 4.69) is 0 Å². The Hall–Kier alpha value is -1.52. The van der Waals surface area contributed by atoms with Crippen molar-refractivity contribution in [3.63, 3.8) is 0 Å². The molecular formula is C12H13F3O2. The first-order valence-electron chi connectivity index (χ1n) is 5.09. The highest BCUT2D eigenvalue weighted by atomic mass is 19.4. The number of aliphatic carboxylic acids is 1. The molecule has 0 bridgehead atoms. The molecule has 5 heteroatoms. The van der Waals surface area contributed by atoms with Gasteiger partial charge in [-0.05, 0) is 12.5 Å². The van der Waals surface area contributed by atoms with Gasteiger partial charge in [-0.2, -0.15) is 13.2 Å². The summed E-state index contributed by atoms with van der Waals surface area (Å²) in [6, 6.07) is 6.06. The molecule has 0 amide bonds. The standard InChI is InChI=1S/C12H13F3O2/c1-7-3-5-9(6-4-7)10(11(16)17)8(2)12(13,14)15/h3-6,8,10H,1-2H3,(H,16,17)/t8?,10-/m0/s1. The second kappa shape index (κ2) is 4.77. The van der Waals surface area contributed by atoms with E-state index in [1.165, 1.54) is 12.1 Å². The average molecular weight is 246 g/mol. The Morgan fingerprint density at radius 2 is 1.71 bits per heavy atom. The molecular weight excluding hydrogens is 233 g/mol. The molecule has 0 aliphatic rings. The minimum atomic E-state index is -4.52. The van der Waals surface area contributed by atoms with Gasteiger partial charge in [-0.1, -0.05) is 36.8 Å². The summed E-state index contributed by atoms with van der Waals surface area (Å²) in [5, 5.41) is 8.93. The van der Waals surface area contributed by atoms with Crippen molar-refractivity contribution in [3.05, 3.63) is 35.4 Å². The lowest BCUT2D eigenvalue weighted by molar-refractivity contribution is -0.183. The zero-order valence-electron chi connectivity index (χ0n) is 9.45. The Balaban J connectivity index is 3.10. The highest BCUT2D eigenvalue weighted by Gasteiger charge is 2.44. The molecule has 0 aliphatic heterocycles. The van der Waals surface area contributed by atoms with Crippen LogP contribution in [-0.2, 0) is 4.79 Å². The van der Waals surface area contributed by atoms with Gasteiger partial charge in [0, 0.05) is 0 Å². The van der Waals surface area contributed by atoms with Gasteiger partial charge in [-0.3, -0.25) is 4.79 Å². The lowest BCUT2D eigenvalue weighted by Crippen LogP contribution is -2.31. The van der Waals surface area contributed by atoms with Crippen molar-refractivity contribution >= 4 is 5.97 Å². The predicted molar refractivity (Wildman–Crippen MR) is 56.8 cm³/mol. The molecule has 1 aromatic rings. The quantitative estimate of drug-likeness (QED) is 0.887. The van der Waals surface area contributed by atoms with Crippen LogP contribution < -0.4 is 0 Å². The van der Waals surface area contributed by atoms with Crippen molar-refractivity contribution in [3.8, 4) is 0 Å². The van der Waals surface area contributed by atoms with E-state index in [4.69, 9.17) is 5.11 Å². The first-order valence-corrected chi connectivity index (χ1v) is 5.09. The maximum atomic E-state index is 12.6. The van der Waals surface area contributed by atoms with Crippen molar-refractivity contribution in [2.45, 2.75) is 25.9 Å². The maximum Gasteiger partial charge on any atom is 0.392 e. The zero-order chi connectivity index (χ0) is 13.2. The van der Waals surface area contributed by atoms with Crippen molar-refractivity contribution in [1.82, 2.24) is 0 Å². The summed E-state index contributed by atoms with van der Waals surface area (Å²) >= 11 is 0. The van der Waals surface area contributed by atoms with Crippen LogP contribution in [0.15, 0.2) is 24.3 Å². The van der Waals surface area contributed by atoms with E-state index in [-0.39, 0.29) is 5.56 Å². The first-order chi connectivity index (χ1) is 7.73. The second-order valence-corrected chi connectivity index (χ2v) is 4.06. The summed E-state index contributed by atoms with van der Waals surface area (Å²) in [6.07, 6.45) is -4.52. The van der Waals surface area contributed by atoms with Gasteiger partial charge < -0.3 is 5.11 Å². The molecule has 0 fully saturated rings. The van der Waals surface area contributed by atoms with Gasteiger partial charge in [0.15, 0.2) is 0 Å². The van der Waals surface area contributed by atoms with Gasteiger partial charge in [0.1, 0.15) is 0 Å². The molecule has 2 atom stereocenters. The van der Waals surface area contributed by atoms with Crippen LogP contribution in [0.2, 0.25) is 0 Å². The summed E-state index contributed by atoms with van der Waals surface area (Å²) in [5.74, 6) is -4.93. The number of aryl methyl sites for hydroxylation is 1. The van der Waals surface area contributed by atoms with Crippen molar-refractivity contribution in [1.29, 1.82) is 0 Å². The third-order valence-electron chi connectivity index (χ3n) is 2.72. The van der Waals surface area contributed by atoms with E-state index in [0.29, 0.717) is 0 Å². The van der Waals surface area contributed by atoms with Crippen molar-refractivity contribution in [2.24, 2.45) is 5.92 Å². The van der Waals surface area contributed by atoms with Crippen LogP contribution in [0, 0.1) is 12.8 Å². The molecule has 1 rings (SSSR count). The molecule has 0 aromatic heterocycles. The third kappa shape index (κ3) is 3.22. The van der Waals surface area contributed by atoms with Gasteiger partial charge in [-0.15, -0.1) is 0 Å². The lowest BCUT2D eigenvalue weighted by atomic mass is 9.86. The molecule has 0 saturated heterocycles. The second-order valence-electron chi connectivity index (χ2n) is 4.06. The number of rotatable bonds is 3. The average Bonchev–Trinajstić information content (AvgIpc) is 2.19. The number of hydrogen-bond donors (Lipinski definition) is 1. The van der Waals surface area contributed by atoms with Crippen LogP contribution in [0.3, 0.4) is 0 Å². The summed E-state index contributed by atoms with van der Waals surface area (Å²) in [6.45, 7) is 2.67. The fraction of sp³-hybridized carbons (Fsp3) is 0.417. The Morgan fingerprint density at radius 1 is 1.24 bits per heavy atom. The third-order valence-corrected chi connectivity index (χ3v) is 2.72. The molecule has 1 aromatic carbocycles. The summed E-state index contributed by atoms with van der Waals surface area (Å²) < 4.78 is 37.7. The Labute approximate surface area is 97.1 Å². The van der Waals surface area contributed by atoms with Crippen molar-refractivity contribution in [2.75, 3.05) is 0 Å². The highest BCUT2D eigenvalue weighted by Crippen LogP contribution is 2.37. The van der Waals surface area contributed by atoms with E-state index in [9.17, 15) is 18.0 Å². The van der Waals surface area contributed by atoms with Crippen molar-refractivity contribution < 1.29 is 23.1 Å². The SMILES string of the molecule is Cc1ccc([C@@H](C(=O)O)C(C)C(F)(F)F)cc1. The van der Waals surface area contributed by atoms with Crippen LogP contribution in [0.1, 0.15) is 24.0 Å². The molecule has 0 heterocycles. The summed E-state index contributed by atoms with van der Waals surface area (Å²) in [5.41, 5.74) is 1.05. The molecule has 0 aliphatic carbocycles. The van der Waals surface area contributed by atoms with E-state index >= 15 is 0 Å². The first kappa shape index (κ1) is 13.5. The molecule has 94 valence electrons. The molecule has 0 saturated carbocycles. The van der Waals surface area contributed by atoms with E-state index in [0.717, 1.165) is 12.5 Å². The lowest BCUT2D eigenvalue weighted by Gasteiger charge is -2.23. The number of alkyl halides is 3. The number of halogens is 3. The molecule has 0 radical (unpaired) electrons. The van der Waals surface area contributed by atoms with Gasteiger partial charge in [-0.25, -0.2) is 0 Å². The number of carboxylic acid groups (broad SMARTS) is 1. The molecule has 0 spiro atoms. The monoisotopic (exact) mass is 246 g/mol. The van der Waals surface area contributed by atoms with Crippen LogP contribution >= 0.6 is 0 Å². The normalized spacial score (nSPS) is 15.4. The van der Waals surface area contributed by atoms with Gasteiger partial charge in [0.25, 0.3) is 0 Å². The topological polar surface area (TPSA) is 37.3 Å². The molecule has 17 heavy (non-hydrogen) atoms. The molecule has 1 N–H and O–H groups in total. The van der Waals surface area contributed by atoms with Crippen LogP contribution in [0.5, 0.6) is 0 Å².